The predicted molar refractivity (Wildman–Crippen MR) is 60.8 cm³/mol. The van der Waals surface area contributed by atoms with Gasteiger partial charge in [0.05, 0.1) is 17.6 Å². The predicted octanol–water partition coefficient (Wildman–Crippen LogP) is 0.762. The van der Waals surface area contributed by atoms with Crippen LogP contribution in [0.5, 0.6) is 0 Å². The maximum atomic E-state index is 10.8. The molecule has 2 rings (SSSR count). The number of anilines is 1. The first-order chi connectivity index (χ1) is 8.08. The fourth-order valence-corrected chi connectivity index (χ4v) is 1.59. The van der Waals surface area contributed by atoms with Gasteiger partial charge in [-0.2, -0.15) is 10.2 Å². The number of carboxylic acids is 1. The number of hydrogen-bond donors (Lipinski definition) is 3. The van der Waals surface area contributed by atoms with Gasteiger partial charge in [-0.1, -0.05) is 0 Å². The Morgan fingerprint density at radius 2 is 2.41 bits per heavy atom. The second-order valence-corrected chi connectivity index (χ2v) is 3.73. The molecule has 0 atom stereocenters. The van der Waals surface area contributed by atoms with Crippen LogP contribution in [0.4, 0.5) is 5.69 Å². The van der Waals surface area contributed by atoms with Crippen molar-refractivity contribution < 1.29 is 9.90 Å². The van der Waals surface area contributed by atoms with Gasteiger partial charge in [-0.3, -0.25) is 9.78 Å². The van der Waals surface area contributed by atoms with E-state index in [-0.39, 0.29) is 5.69 Å². The molecule has 0 radical (unpaired) electrons. The first-order valence-corrected chi connectivity index (χ1v) is 5.07. The lowest BCUT2D eigenvalue weighted by Gasteiger charge is -2.03. The van der Waals surface area contributed by atoms with Gasteiger partial charge < -0.3 is 10.4 Å². The molecule has 17 heavy (non-hydrogen) atoms. The topological polar surface area (TPSA) is 95.8 Å². The second-order valence-electron chi connectivity index (χ2n) is 3.73. The van der Waals surface area contributed by atoms with Crippen LogP contribution in [0.2, 0.25) is 0 Å². The van der Waals surface area contributed by atoms with Gasteiger partial charge in [-0.15, -0.1) is 0 Å². The first-order valence-electron chi connectivity index (χ1n) is 5.07. The average Bonchev–Trinajstić information content (AvgIpc) is 2.82. The van der Waals surface area contributed by atoms with Crippen LogP contribution >= 0.6 is 0 Å². The highest BCUT2D eigenvalue weighted by Gasteiger charge is 2.12. The number of nitrogens with zero attached hydrogens (tertiary/aromatic N) is 3. The van der Waals surface area contributed by atoms with E-state index >= 15 is 0 Å². The molecule has 2 aromatic rings. The van der Waals surface area contributed by atoms with Crippen molar-refractivity contribution in [2.75, 3.05) is 5.32 Å². The van der Waals surface area contributed by atoms with E-state index in [2.05, 4.69) is 20.6 Å². The van der Waals surface area contributed by atoms with E-state index < -0.39 is 5.97 Å². The smallest absolute Gasteiger partial charge is 0.354 e. The van der Waals surface area contributed by atoms with Gasteiger partial charge >= 0.3 is 5.97 Å². The third kappa shape index (κ3) is 2.27. The van der Waals surface area contributed by atoms with Crippen LogP contribution in [0.25, 0.3) is 0 Å². The number of nitrogens with one attached hydrogen (secondary N) is 2. The molecule has 90 valence electrons. The van der Waals surface area contributed by atoms with Crippen molar-refractivity contribution in [2.24, 2.45) is 7.05 Å². The molecule has 0 aromatic carbocycles. The summed E-state index contributed by atoms with van der Waals surface area (Å²) in [6.07, 6.45) is 3.35. The van der Waals surface area contributed by atoms with Crippen molar-refractivity contribution in [3.05, 3.63) is 29.3 Å². The van der Waals surface area contributed by atoms with Gasteiger partial charge in [0, 0.05) is 25.4 Å². The van der Waals surface area contributed by atoms with Gasteiger partial charge in [-0.25, -0.2) is 4.79 Å². The highest BCUT2D eigenvalue weighted by Crippen LogP contribution is 2.14. The Bertz CT molecular complexity index is 543. The standard InChI is InChI=1S/C10H13N5O2/c1-6-8(5-15(2)14-6)11-3-7-4-12-13-9(7)10(16)17/h4-5,11H,3H2,1-2H3,(H,12,13)(H,16,17). The molecule has 0 spiro atoms. The summed E-state index contributed by atoms with van der Waals surface area (Å²) in [6, 6.07) is 0. The summed E-state index contributed by atoms with van der Waals surface area (Å²) < 4.78 is 1.70. The summed E-state index contributed by atoms with van der Waals surface area (Å²) in [7, 11) is 1.83. The number of hydrogen-bond acceptors (Lipinski definition) is 4. The molecule has 0 aliphatic carbocycles. The summed E-state index contributed by atoms with van der Waals surface area (Å²) in [4.78, 5) is 10.8. The third-order valence-electron chi connectivity index (χ3n) is 2.41. The Morgan fingerprint density at radius 1 is 1.65 bits per heavy atom. The maximum absolute atomic E-state index is 10.8. The molecule has 0 aliphatic rings. The first kappa shape index (κ1) is 11.2. The number of H-pyrrole nitrogens is 1. The molecule has 0 amide bonds. The number of carbonyl (C=O) groups is 1. The molecule has 0 bridgehead atoms. The monoisotopic (exact) mass is 235 g/mol. The molecule has 2 heterocycles. The minimum absolute atomic E-state index is 0.110. The fraction of sp³-hybridized carbons (Fsp3) is 0.300. The maximum Gasteiger partial charge on any atom is 0.354 e. The molecule has 7 nitrogen and oxygen atoms in total. The molecule has 0 saturated heterocycles. The lowest BCUT2D eigenvalue weighted by molar-refractivity contribution is 0.0689. The Kier molecular flexibility index (Phi) is 2.82. The van der Waals surface area contributed by atoms with E-state index in [0.717, 1.165) is 11.4 Å². The van der Waals surface area contributed by atoms with Gasteiger partial charge in [0.15, 0.2) is 0 Å². The van der Waals surface area contributed by atoms with Crippen molar-refractivity contribution in [1.29, 1.82) is 0 Å². The fourth-order valence-electron chi connectivity index (χ4n) is 1.59. The van der Waals surface area contributed by atoms with E-state index in [1.165, 1.54) is 6.20 Å². The zero-order valence-electron chi connectivity index (χ0n) is 9.56. The lowest BCUT2D eigenvalue weighted by Crippen LogP contribution is -2.06. The number of aryl methyl sites for hydroxylation is 2. The number of aromatic nitrogens is 4. The van der Waals surface area contributed by atoms with Crippen LogP contribution < -0.4 is 5.32 Å². The number of carboxylic acid groups (broad SMARTS) is 1. The SMILES string of the molecule is Cc1nn(C)cc1NCc1cn[nH]c1C(=O)O. The van der Waals surface area contributed by atoms with Gasteiger partial charge in [-0.05, 0) is 6.92 Å². The van der Waals surface area contributed by atoms with Gasteiger partial charge in [0.25, 0.3) is 0 Å². The summed E-state index contributed by atoms with van der Waals surface area (Å²) in [6.45, 7) is 2.28. The molecule has 0 saturated carbocycles. The molecule has 7 heteroatoms. The average molecular weight is 235 g/mol. The number of aromatic amines is 1. The van der Waals surface area contributed by atoms with Crippen molar-refractivity contribution in [2.45, 2.75) is 13.5 Å². The van der Waals surface area contributed by atoms with Crippen molar-refractivity contribution >= 4 is 11.7 Å². The Labute approximate surface area is 97.5 Å². The molecule has 2 aromatic heterocycles. The Balaban J connectivity index is 2.10. The molecule has 0 fully saturated rings. The second kappa shape index (κ2) is 4.28. The number of aromatic carboxylic acids is 1. The summed E-state index contributed by atoms with van der Waals surface area (Å²) in [5.74, 6) is -1.01. The van der Waals surface area contributed by atoms with Crippen molar-refractivity contribution in [3.63, 3.8) is 0 Å². The van der Waals surface area contributed by atoms with E-state index in [1.807, 2.05) is 20.2 Å². The van der Waals surface area contributed by atoms with Crippen molar-refractivity contribution in [3.8, 4) is 0 Å². The highest BCUT2D eigenvalue weighted by atomic mass is 16.4. The largest absolute Gasteiger partial charge is 0.477 e. The van der Waals surface area contributed by atoms with Gasteiger partial charge in [0.2, 0.25) is 0 Å². The number of rotatable bonds is 4. The van der Waals surface area contributed by atoms with E-state index in [1.54, 1.807) is 4.68 Å². The minimum atomic E-state index is -1.01. The minimum Gasteiger partial charge on any atom is -0.477 e. The van der Waals surface area contributed by atoms with Crippen LogP contribution in [0.15, 0.2) is 12.4 Å². The highest BCUT2D eigenvalue weighted by molar-refractivity contribution is 5.87. The third-order valence-corrected chi connectivity index (χ3v) is 2.41. The Hall–Kier alpha value is -2.31. The summed E-state index contributed by atoms with van der Waals surface area (Å²) in [5, 5.41) is 22.4. The molecule has 3 N–H and O–H groups in total. The zero-order valence-corrected chi connectivity index (χ0v) is 9.56. The van der Waals surface area contributed by atoms with E-state index in [4.69, 9.17) is 5.11 Å². The van der Waals surface area contributed by atoms with Crippen LogP contribution in [-0.4, -0.2) is 31.1 Å². The van der Waals surface area contributed by atoms with Crippen LogP contribution in [0.1, 0.15) is 21.7 Å². The van der Waals surface area contributed by atoms with Crippen LogP contribution in [0, 0.1) is 6.92 Å². The van der Waals surface area contributed by atoms with Crippen LogP contribution in [-0.2, 0) is 13.6 Å². The summed E-state index contributed by atoms with van der Waals surface area (Å²) in [5.41, 5.74) is 2.47. The Morgan fingerprint density at radius 3 is 3.00 bits per heavy atom. The van der Waals surface area contributed by atoms with Crippen LogP contribution in [0.3, 0.4) is 0 Å². The molecule has 0 unspecified atom stereocenters. The van der Waals surface area contributed by atoms with Gasteiger partial charge in [0.1, 0.15) is 5.69 Å². The quantitative estimate of drug-likeness (QED) is 0.727. The molecule has 0 aliphatic heterocycles. The lowest BCUT2D eigenvalue weighted by atomic mass is 10.2. The van der Waals surface area contributed by atoms with Crippen molar-refractivity contribution in [1.82, 2.24) is 20.0 Å². The van der Waals surface area contributed by atoms with E-state index in [9.17, 15) is 4.79 Å². The normalized spacial score (nSPS) is 10.5. The molecular formula is C10H13N5O2. The molecular weight excluding hydrogens is 222 g/mol. The summed E-state index contributed by atoms with van der Waals surface area (Å²) >= 11 is 0. The zero-order chi connectivity index (χ0) is 12.4. The van der Waals surface area contributed by atoms with E-state index in [0.29, 0.717) is 12.1 Å².